The average Bonchev–Trinajstić information content (AvgIpc) is 3.47. The predicted octanol–water partition coefficient (Wildman–Crippen LogP) is 6.79. The number of carbonyl (C=O) groups is 2. The maximum atomic E-state index is 13.7. The van der Waals surface area contributed by atoms with E-state index in [1.807, 2.05) is 24.3 Å². The molecule has 38 heavy (non-hydrogen) atoms. The summed E-state index contributed by atoms with van der Waals surface area (Å²) in [6.07, 6.45) is 11.1. The molecule has 2 aliphatic heterocycles. The van der Waals surface area contributed by atoms with Crippen molar-refractivity contribution in [1.29, 1.82) is 0 Å². The second-order valence-electron chi connectivity index (χ2n) is 11.8. The number of imide groups is 1. The Morgan fingerprint density at radius 3 is 2.55 bits per heavy atom. The van der Waals surface area contributed by atoms with Crippen LogP contribution in [-0.2, 0) is 14.3 Å². The highest BCUT2D eigenvalue weighted by atomic mass is 16.5. The first-order valence-electron chi connectivity index (χ1n) is 14.6. The lowest BCUT2D eigenvalue weighted by molar-refractivity contribution is -0.143. The lowest BCUT2D eigenvalue weighted by atomic mass is 9.70. The number of amides is 2. The smallest absolute Gasteiger partial charge is 0.234 e. The van der Waals surface area contributed by atoms with Crippen LogP contribution in [0.4, 0.5) is 0 Å². The second kappa shape index (κ2) is 10.3. The molecule has 1 N–H and O–H groups in total. The summed E-state index contributed by atoms with van der Waals surface area (Å²) in [5.74, 6) is 0.0535. The first-order chi connectivity index (χ1) is 18.5. The Hall–Kier alpha value is -2.92. The first-order valence-corrected chi connectivity index (χ1v) is 14.6. The van der Waals surface area contributed by atoms with Crippen LogP contribution in [0.1, 0.15) is 77.2 Å². The zero-order valence-electron chi connectivity index (χ0n) is 22.6. The Kier molecular flexibility index (Phi) is 6.90. The summed E-state index contributed by atoms with van der Waals surface area (Å²) in [5.41, 5.74) is 5.02. The third-order valence-electron chi connectivity index (χ3n) is 9.60. The minimum absolute atomic E-state index is 0.0131. The van der Waals surface area contributed by atoms with Gasteiger partial charge < -0.3 is 9.84 Å². The third kappa shape index (κ3) is 4.29. The van der Waals surface area contributed by atoms with E-state index in [-0.39, 0.29) is 41.7 Å². The highest BCUT2D eigenvalue weighted by molar-refractivity contribution is 6.06. The van der Waals surface area contributed by atoms with Crippen molar-refractivity contribution in [3.63, 3.8) is 0 Å². The number of likely N-dealkylation sites (tertiary alicyclic amines) is 1. The molecule has 2 saturated heterocycles. The van der Waals surface area contributed by atoms with Crippen LogP contribution in [0.5, 0.6) is 5.75 Å². The number of aromatic hydroxyl groups is 1. The fraction of sp³-hybridized carbons (Fsp3) is 0.515. The minimum atomic E-state index is -0.238. The van der Waals surface area contributed by atoms with Crippen LogP contribution in [0.15, 0.2) is 53.1 Å². The predicted molar refractivity (Wildman–Crippen MR) is 149 cm³/mol. The number of ether oxygens (including phenoxy) is 1. The average molecular weight is 514 g/mol. The number of phenols is 1. The van der Waals surface area contributed by atoms with Gasteiger partial charge in [0.2, 0.25) is 11.8 Å². The van der Waals surface area contributed by atoms with Crippen LogP contribution in [0.25, 0.3) is 16.8 Å². The highest BCUT2D eigenvalue weighted by Gasteiger charge is 2.57. The van der Waals surface area contributed by atoms with E-state index in [9.17, 15) is 14.7 Å². The zero-order chi connectivity index (χ0) is 26.4. The molecule has 2 aromatic carbocycles. The summed E-state index contributed by atoms with van der Waals surface area (Å²) in [5, 5.41) is 12.2. The van der Waals surface area contributed by atoms with Gasteiger partial charge in [-0.2, -0.15) is 0 Å². The summed E-state index contributed by atoms with van der Waals surface area (Å²) in [6, 6.07) is 11.8. The summed E-state index contributed by atoms with van der Waals surface area (Å²) in [6.45, 7) is 4.88. The third-order valence-corrected chi connectivity index (χ3v) is 9.60. The van der Waals surface area contributed by atoms with Gasteiger partial charge in [0, 0.05) is 17.3 Å². The van der Waals surface area contributed by atoms with Crippen LogP contribution >= 0.6 is 0 Å². The van der Waals surface area contributed by atoms with E-state index in [2.05, 4.69) is 26.0 Å². The Bertz CT molecular complexity index is 1320. The van der Waals surface area contributed by atoms with Crippen molar-refractivity contribution < 1.29 is 19.4 Å². The zero-order valence-corrected chi connectivity index (χ0v) is 22.6. The summed E-state index contributed by atoms with van der Waals surface area (Å²) < 4.78 is 6.37. The standard InChI is InChI=1S/C33H39NO4/c1-3-21(18-22-14-15-28(35)25-12-8-7-11-24(22)25)13-16-29-30-20(2)17-26-31(27(30)19-38-29)33(37)34(32(26)36)23-9-5-4-6-10-23/h7-8,11-12,14-15,18,23,26-27,29,31,35H,3-6,9-10,13,16-17,19H2,1-2H3/b21-18+/t26-,27+,29-,31-/m1/s1. The maximum Gasteiger partial charge on any atom is 0.234 e. The fourth-order valence-corrected chi connectivity index (χ4v) is 7.67. The Morgan fingerprint density at radius 1 is 1.03 bits per heavy atom. The van der Waals surface area contributed by atoms with Gasteiger partial charge in [0.25, 0.3) is 0 Å². The molecule has 6 rings (SSSR count). The van der Waals surface area contributed by atoms with Crippen molar-refractivity contribution in [3.05, 3.63) is 58.7 Å². The van der Waals surface area contributed by atoms with Gasteiger partial charge >= 0.3 is 0 Å². The Morgan fingerprint density at radius 2 is 1.79 bits per heavy atom. The van der Waals surface area contributed by atoms with Gasteiger partial charge in [0.1, 0.15) is 5.75 Å². The van der Waals surface area contributed by atoms with Crippen LogP contribution in [-0.4, -0.2) is 40.6 Å². The summed E-state index contributed by atoms with van der Waals surface area (Å²) in [4.78, 5) is 28.8. The number of phenolic OH excluding ortho intramolecular Hbond substituents is 1. The van der Waals surface area contributed by atoms with E-state index >= 15 is 0 Å². The number of hydrogen-bond donors (Lipinski definition) is 1. The molecule has 2 amide bonds. The van der Waals surface area contributed by atoms with Crippen LogP contribution in [0.2, 0.25) is 0 Å². The first kappa shape index (κ1) is 25.4. The van der Waals surface area contributed by atoms with Gasteiger partial charge in [-0.25, -0.2) is 0 Å². The van der Waals surface area contributed by atoms with Gasteiger partial charge in [-0.3, -0.25) is 14.5 Å². The lowest BCUT2D eigenvalue weighted by Crippen LogP contribution is -2.42. The molecule has 0 aromatic heterocycles. The molecular formula is C33H39NO4. The molecule has 2 heterocycles. The number of nitrogens with zero attached hydrogens (tertiary/aromatic N) is 1. The number of allylic oxidation sites excluding steroid dienone is 2. The Labute approximate surface area is 225 Å². The van der Waals surface area contributed by atoms with Gasteiger partial charge in [-0.1, -0.05) is 73.7 Å². The van der Waals surface area contributed by atoms with Gasteiger partial charge in [-0.05, 0) is 68.0 Å². The summed E-state index contributed by atoms with van der Waals surface area (Å²) >= 11 is 0. The normalized spacial score (nSPS) is 28.4. The van der Waals surface area contributed by atoms with Crippen LogP contribution in [0.3, 0.4) is 0 Å². The number of hydrogen-bond acceptors (Lipinski definition) is 4. The van der Waals surface area contributed by atoms with Gasteiger partial charge in [0.15, 0.2) is 0 Å². The van der Waals surface area contributed by atoms with Gasteiger partial charge in [0.05, 0.1) is 24.5 Å². The summed E-state index contributed by atoms with van der Waals surface area (Å²) in [7, 11) is 0. The number of carbonyl (C=O) groups excluding carboxylic acids is 2. The molecule has 5 nitrogen and oxygen atoms in total. The molecule has 4 atom stereocenters. The second-order valence-corrected chi connectivity index (χ2v) is 11.8. The Balaban J connectivity index is 1.19. The van der Waals surface area contributed by atoms with Crippen molar-refractivity contribution in [2.45, 2.75) is 83.8 Å². The largest absolute Gasteiger partial charge is 0.507 e. The van der Waals surface area contributed by atoms with E-state index in [1.165, 1.54) is 23.1 Å². The SMILES string of the molecule is CC/C(=C\c1ccc(O)c2ccccc12)CC[C@H]1OC[C@H]2C1=C(C)C[C@H]1C(=O)N(C3CCCCC3)C(=O)[C@H]12. The molecule has 5 heteroatoms. The van der Waals surface area contributed by atoms with Gasteiger partial charge in [-0.15, -0.1) is 0 Å². The topological polar surface area (TPSA) is 66.8 Å². The van der Waals surface area contributed by atoms with E-state index < -0.39 is 0 Å². The van der Waals surface area contributed by atoms with Crippen LogP contribution < -0.4 is 0 Å². The van der Waals surface area contributed by atoms with Crippen molar-refractivity contribution >= 4 is 28.7 Å². The van der Waals surface area contributed by atoms with Crippen molar-refractivity contribution in [2.24, 2.45) is 17.8 Å². The fourth-order valence-electron chi connectivity index (χ4n) is 7.67. The molecule has 0 bridgehead atoms. The molecule has 0 unspecified atom stereocenters. The molecule has 2 aromatic rings. The molecular weight excluding hydrogens is 474 g/mol. The molecule has 2 aliphatic carbocycles. The molecule has 0 spiro atoms. The molecule has 0 radical (unpaired) electrons. The van der Waals surface area contributed by atoms with E-state index in [1.54, 1.807) is 11.0 Å². The number of rotatable bonds is 6. The van der Waals surface area contributed by atoms with Crippen molar-refractivity contribution in [2.75, 3.05) is 6.61 Å². The van der Waals surface area contributed by atoms with E-state index in [0.717, 1.165) is 61.3 Å². The highest BCUT2D eigenvalue weighted by Crippen LogP contribution is 2.50. The number of fused-ring (bicyclic) bond motifs is 4. The van der Waals surface area contributed by atoms with Crippen molar-refractivity contribution in [1.82, 2.24) is 4.90 Å². The maximum absolute atomic E-state index is 13.7. The monoisotopic (exact) mass is 513 g/mol. The molecule has 3 fully saturated rings. The molecule has 1 saturated carbocycles. The minimum Gasteiger partial charge on any atom is -0.507 e. The van der Waals surface area contributed by atoms with Crippen LogP contribution in [0, 0.1) is 17.8 Å². The number of benzene rings is 2. The quantitative estimate of drug-likeness (QED) is 0.341. The molecule has 200 valence electrons. The lowest BCUT2D eigenvalue weighted by Gasteiger charge is -2.31. The van der Waals surface area contributed by atoms with E-state index in [0.29, 0.717) is 18.8 Å². The molecule has 4 aliphatic rings. The van der Waals surface area contributed by atoms with Crippen molar-refractivity contribution in [3.8, 4) is 5.75 Å². The van der Waals surface area contributed by atoms with E-state index in [4.69, 9.17) is 4.74 Å².